The molecule has 0 saturated carbocycles. The molecule has 0 saturated heterocycles. The van der Waals surface area contributed by atoms with Gasteiger partial charge in [0.25, 0.3) is 0 Å². The standard InChI is InChI=1S/C17H14S3/c1-9-6-12(7-10(2)11(9)3)14-8-15-17(20-14)16-13(19-15)4-5-18-16/h4-8H,1-3H3. The first-order valence-electron chi connectivity index (χ1n) is 6.61. The van der Waals surface area contributed by atoms with Crippen LogP contribution in [0.2, 0.25) is 0 Å². The van der Waals surface area contributed by atoms with Crippen LogP contribution in [0.15, 0.2) is 29.6 Å². The summed E-state index contributed by atoms with van der Waals surface area (Å²) in [5, 5.41) is 2.19. The first kappa shape index (κ1) is 12.6. The summed E-state index contributed by atoms with van der Waals surface area (Å²) in [6.45, 7) is 6.62. The molecule has 4 rings (SSSR count). The molecule has 3 heterocycles. The van der Waals surface area contributed by atoms with Crippen molar-refractivity contribution in [1.29, 1.82) is 0 Å². The fourth-order valence-corrected chi connectivity index (χ4v) is 6.34. The second-order valence-corrected chi connectivity index (χ2v) is 8.31. The molecule has 0 aliphatic heterocycles. The molecule has 0 nitrogen and oxygen atoms in total. The number of benzene rings is 1. The highest BCUT2D eigenvalue weighted by atomic mass is 32.1. The van der Waals surface area contributed by atoms with E-state index >= 15 is 0 Å². The molecule has 3 heteroatoms. The summed E-state index contributed by atoms with van der Waals surface area (Å²) >= 11 is 5.71. The van der Waals surface area contributed by atoms with E-state index in [0.29, 0.717) is 0 Å². The number of rotatable bonds is 1. The monoisotopic (exact) mass is 314 g/mol. The Morgan fingerprint density at radius 2 is 1.55 bits per heavy atom. The van der Waals surface area contributed by atoms with E-state index in [1.54, 1.807) is 0 Å². The molecular formula is C17H14S3. The number of aryl methyl sites for hydroxylation is 2. The summed E-state index contributed by atoms with van der Waals surface area (Å²) < 4.78 is 5.79. The molecule has 0 unspecified atom stereocenters. The molecular weight excluding hydrogens is 300 g/mol. The zero-order chi connectivity index (χ0) is 13.9. The van der Waals surface area contributed by atoms with Gasteiger partial charge in [-0.1, -0.05) is 12.1 Å². The van der Waals surface area contributed by atoms with Gasteiger partial charge in [0.2, 0.25) is 0 Å². The molecule has 0 amide bonds. The molecule has 0 fully saturated rings. The molecule has 0 N–H and O–H groups in total. The first-order chi connectivity index (χ1) is 9.63. The maximum absolute atomic E-state index is 2.36. The van der Waals surface area contributed by atoms with Crippen LogP contribution < -0.4 is 0 Å². The molecule has 0 aliphatic carbocycles. The smallest absolute Gasteiger partial charge is 0.0635 e. The average Bonchev–Trinajstić information content (AvgIpc) is 3.06. The van der Waals surface area contributed by atoms with Gasteiger partial charge in [0, 0.05) is 14.3 Å². The third-order valence-electron chi connectivity index (χ3n) is 3.96. The highest BCUT2D eigenvalue weighted by molar-refractivity contribution is 7.38. The minimum absolute atomic E-state index is 1.36. The number of hydrogen-bond acceptors (Lipinski definition) is 3. The topological polar surface area (TPSA) is 0 Å². The van der Waals surface area contributed by atoms with E-state index in [0.717, 1.165) is 0 Å². The number of hydrogen-bond donors (Lipinski definition) is 0. The lowest BCUT2D eigenvalue weighted by molar-refractivity contribution is 1.27. The van der Waals surface area contributed by atoms with Crippen molar-refractivity contribution in [2.75, 3.05) is 0 Å². The Bertz CT molecular complexity index is 911. The van der Waals surface area contributed by atoms with Gasteiger partial charge >= 0.3 is 0 Å². The van der Waals surface area contributed by atoms with E-state index in [1.165, 1.54) is 45.9 Å². The Morgan fingerprint density at radius 1 is 0.800 bits per heavy atom. The lowest BCUT2D eigenvalue weighted by atomic mass is 10.00. The zero-order valence-corrected chi connectivity index (χ0v) is 14.1. The van der Waals surface area contributed by atoms with Crippen LogP contribution in [-0.2, 0) is 0 Å². The van der Waals surface area contributed by atoms with Crippen molar-refractivity contribution in [3.8, 4) is 10.4 Å². The summed E-state index contributed by atoms with van der Waals surface area (Å²) in [6, 6.07) is 9.24. The molecule has 0 atom stereocenters. The lowest BCUT2D eigenvalue weighted by Gasteiger charge is -2.07. The third kappa shape index (κ3) is 1.77. The van der Waals surface area contributed by atoms with Crippen LogP contribution in [0, 0.1) is 20.8 Å². The SMILES string of the molecule is Cc1cc(-c2cc3sc4ccsc4c3s2)cc(C)c1C. The van der Waals surface area contributed by atoms with Crippen molar-refractivity contribution in [3.63, 3.8) is 0 Å². The Kier molecular flexibility index (Phi) is 2.78. The van der Waals surface area contributed by atoms with E-state index in [4.69, 9.17) is 0 Å². The first-order valence-corrected chi connectivity index (χ1v) is 9.12. The van der Waals surface area contributed by atoms with Crippen LogP contribution in [-0.4, -0.2) is 0 Å². The van der Waals surface area contributed by atoms with E-state index in [9.17, 15) is 0 Å². The summed E-state index contributed by atoms with van der Waals surface area (Å²) in [4.78, 5) is 1.40. The maximum atomic E-state index is 2.36. The molecule has 0 spiro atoms. The predicted octanol–water partition coefficient (Wildman–Crippen LogP) is 6.77. The van der Waals surface area contributed by atoms with Gasteiger partial charge < -0.3 is 0 Å². The molecule has 1 aromatic carbocycles. The number of thiophene rings is 3. The normalized spacial score (nSPS) is 11.8. The Labute approximate surface area is 130 Å². The van der Waals surface area contributed by atoms with Crippen molar-refractivity contribution in [3.05, 3.63) is 46.3 Å². The molecule has 4 aromatic rings. The van der Waals surface area contributed by atoms with Crippen molar-refractivity contribution in [1.82, 2.24) is 0 Å². The maximum Gasteiger partial charge on any atom is 0.0635 e. The van der Waals surface area contributed by atoms with Crippen LogP contribution in [0.3, 0.4) is 0 Å². The molecule has 3 aromatic heterocycles. The van der Waals surface area contributed by atoms with Gasteiger partial charge in [-0.2, -0.15) is 0 Å². The summed E-state index contributed by atoms with van der Waals surface area (Å²) in [5.41, 5.74) is 5.55. The number of fused-ring (bicyclic) bond motifs is 3. The quantitative estimate of drug-likeness (QED) is 0.363. The summed E-state index contributed by atoms with van der Waals surface area (Å²) in [7, 11) is 0. The molecule has 100 valence electrons. The van der Waals surface area contributed by atoms with Crippen LogP contribution in [0.1, 0.15) is 16.7 Å². The Morgan fingerprint density at radius 3 is 2.30 bits per heavy atom. The van der Waals surface area contributed by atoms with E-state index in [-0.39, 0.29) is 0 Å². The predicted molar refractivity (Wildman–Crippen MR) is 94.7 cm³/mol. The zero-order valence-electron chi connectivity index (χ0n) is 11.6. The minimum Gasteiger partial charge on any atom is -0.141 e. The molecule has 0 radical (unpaired) electrons. The molecule has 0 bridgehead atoms. The second kappa shape index (κ2) is 4.42. The van der Waals surface area contributed by atoms with Gasteiger partial charge in [-0.3, -0.25) is 0 Å². The van der Waals surface area contributed by atoms with Crippen molar-refractivity contribution < 1.29 is 0 Å². The molecule has 20 heavy (non-hydrogen) atoms. The highest BCUT2D eigenvalue weighted by Gasteiger charge is 2.12. The highest BCUT2D eigenvalue weighted by Crippen LogP contribution is 2.45. The van der Waals surface area contributed by atoms with E-state index in [1.807, 2.05) is 34.0 Å². The second-order valence-electron chi connectivity index (χ2n) is 5.26. The summed E-state index contributed by atoms with van der Waals surface area (Å²) in [6.07, 6.45) is 0. The fraction of sp³-hybridized carbons (Fsp3) is 0.176. The van der Waals surface area contributed by atoms with Crippen LogP contribution in [0.4, 0.5) is 0 Å². The Hall–Kier alpha value is -1.16. The largest absolute Gasteiger partial charge is 0.141 e. The average molecular weight is 315 g/mol. The van der Waals surface area contributed by atoms with Gasteiger partial charge in [0.05, 0.1) is 9.40 Å². The molecule has 0 aliphatic rings. The minimum atomic E-state index is 1.36. The third-order valence-corrected chi connectivity index (χ3v) is 7.59. The van der Waals surface area contributed by atoms with Crippen molar-refractivity contribution in [2.45, 2.75) is 20.8 Å². The Balaban J connectivity index is 1.95. The van der Waals surface area contributed by atoms with Gasteiger partial charge in [-0.05, 0) is 60.5 Å². The van der Waals surface area contributed by atoms with Crippen LogP contribution >= 0.6 is 34.0 Å². The van der Waals surface area contributed by atoms with Gasteiger partial charge in [-0.15, -0.1) is 34.0 Å². The van der Waals surface area contributed by atoms with E-state index < -0.39 is 0 Å². The lowest BCUT2D eigenvalue weighted by Crippen LogP contribution is -1.87. The van der Waals surface area contributed by atoms with Crippen molar-refractivity contribution in [2.24, 2.45) is 0 Å². The van der Waals surface area contributed by atoms with Gasteiger partial charge in [-0.25, -0.2) is 0 Å². The fourth-order valence-electron chi connectivity index (χ4n) is 2.59. The summed E-state index contributed by atoms with van der Waals surface area (Å²) in [5.74, 6) is 0. The van der Waals surface area contributed by atoms with E-state index in [2.05, 4.69) is 50.4 Å². The van der Waals surface area contributed by atoms with Crippen LogP contribution in [0.25, 0.3) is 29.2 Å². The van der Waals surface area contributed by atoms with Gasteiger partial charge in [0.15, 0.2) is 0 Å². The van der Waals surface area contributed by atoms with Crippen LogP contribution in [0.5, 0.6) is 0 Å². The van der Waals surface area contributed by atoms with Gasteiger partial charge in [0.1, 0.15) is 0 Å². The van der Waals surface area contributed by atoms with Crippen molar-refractivity contribution >= 4 is 52.8 Å².